The van der Waals surface area contributed by atoms with Gasteiger partial charge < -0.3 is 5.11 Å². The molecule has 0 amide bonds. The number of benzene rings is 2. The Kier molecular flexibility index (Phi) is 5.49. The first-order valence-electron chi connectivity index (χ1n) is 8.89. The Morgan fingerprint density at radius 1 is 1.24 bits per heavy atom. The maximum Gasteiger partial charge on any atom is 0.307 e. The number of carboxylic acid groups (broad SMARTS) is 1. The fraction of sp³-hybridized carbons (Fsp3) is 0.381. The normalized spacial score (nSPS) is 19.5. The predicted octanol–water partition coefficient (Wildman–Crippen LogP) is 4.27. The number of carbonyl (C=O) groups is 1. The average molecular weight is 341 g/mol. The average Bonchev–Trinajstić information content (AvgIpc) is 2.63. The van der Waals surface area contributed by atoms with Gasteiger partial charge in [0, 0.05) is 6.54 Å². The van der Waals surface area contributed by atoms with E-state index in [1.54, 1.807) is 12.1 Å². The Labute approximate surface area is 148 Å². The van der Waals surface area contributed by atoms with Crippen LogP contribution in [0.15, 0.2) is 48.5 Å². The number of aryl methyl sites for hydroxylation is 1. The number of hydrogen-bond donors (Lipinski definition) is 1. The number of aliphatic carboxylic acids is 1. The first-order chi connectivity index (χ1) is 12.1. The second-order valence-corrected chi connectivity index (χ2v) is 6.73. The van der Waals surface area contributed by atoms with Gasteiger partial charge in [0.15, 0.2) is 0 Å². The second-order valence-electron chi connectivity index (χ2n) is 6.73. The van der Waals surface area contributed by atoms with E-state index in [0.29, 0.717) is 13.0 Å². The lowest BCUT2D eigenvalue weighted by Gasteiger charge is -2.37. The lowest BCUT2D eigenvalue weighted by atomic mass is 9.91. The summed E-state index contributed by atoms with van der Waals surface area (Å²) in [6.45, 7) is 3.42. The van der Waals surface area contributed by atoms with Crippen LogP contribution in [0.25, 0.3) is 0 Å². The molecule has 0 aromatic heterocycles. The van der Waals surface area contributed by atoms with Crippen LogP contribution in [0.1, 0.15) is 42.5 Å². The summed E-state index contributed by atoms with van der Waals surface area (Å²) < 4.78 is 13.8. The SMILES string of the molecule is CCc1ccc(C(c2cccc(F)c2)N2CCCC(C(=O)O)C2)cc1. The molecule has 0 saturated carbocycles. The number of rotatable bonds is 5. The number of halogens is 1. The molecule has 132 valence electrons. The molecule has 2 unspecified atom stereocenters. The third-order valence-electron chi connectivity index (χ3n) is 5.04. The standard InChI is InChI=1S/C21H24FNO2/c1-2-15-8-10-16(11-9-15)20(17-5-3-7-19(22)13-17)23-12-4-6-18(14-23)21(24)25/h3,5,7-11,13,18,20H,2,4,6,12,14H2,1H3,(H,24,25). The Hall–Kier alpha value is -2.20. The number of piperidine rings is 1. The number of nitrogens with zero attached hydrogens (tertiary/aromatic N) is 1. The van der Waals surface area contributed by atoms with Gasteiger partial charge in [-0.2, -0.15) is 0 Å². The summed E-state index contributed by atoms with van der Waals surface area (Å²) in [4.78, 5) is 13.6. The largest absolute Gasteiger partial charge is 0.481 e. The maximum absolute atomic E-state index is 13.8. The first kappa shape index (κ1) is 17.6. The van der Waals surface area contributed by atoms with Crippen LogP contribution in [-0.4, -0.2) is 29.1 Å². The highest BCUT2D eigenvalue weighted by molar-refractivity contribution is 5.70. The zero-order valence-corrected chi connectivity index (χ0v) is 14.5. The van der Waals surface area contributed by atoms with Gasteiger partial charge in [0.2, 0.25) is 0 Å². The molecule has 1 saturated heterocycles. The summed E-state index contributed by atoms with van der Waals surface area (Å²) in [5.41, 5.74) is 3.20. The molecule has 0 aliphatic carbocycles. The molecule has 1 N–H and O–H groups in total. The molecule has 0 spiro atoms. The minimum atomic E-state index is -0.746. The van der Waals surface area contributed by atoms with E-state index in [0.717, 1.165) is 30.5 Å². The highest BCUT2D eigenvalue weighted by atomic mass is 19.1. The fourth-order valence-electron chi connectivity index (χ4n) is 3.67. The van der Waals surface area contributed by atoms with Crippen LogP contribution in [0.3, 0.4) is 0 Å². The molecule has 1 aliphatic heterocycles. The van der Waals surface area contributed by atoms with Crippen molar-refractivity contribution in [2.45, 2.75) is 32.2 Å². The summed E-state index contributed by atoms with van der Waals surface area (Å²) in [5.74, 6) is -1.37. The lowest BCUT2D eigenvalue weighted by Crippen LogP contribution is -2.41. The van der Waals surface area contributed by atoms with Crippen LogP contribution in [0.5, 0.6) is 0 Å². The minimum absolute atomic E-state index is 0.122. The minimum Gasteiger partial charge on any atom is -0.481 e. The monoisotopic (exact) mass is 341 g/mol. The van der Waals surface area contributed by atoms with Crippen molar-refractivity contribution in [2.75, 3.05) is 13.1 Å². The lowest BCUT2D eigenvalue weighted by molar-refractivity contribution is -0.143. The third kappa shape index (κ3) is 4.07. The topological polar surface area (TPSA) is 40.5 Å². The molecule has 3 nitrogen and oxygen atoms in total. The van der Waals surface area contributed by atoms with Gasteiger partial charge in [-0.05, 0) is 54.6 Å². The molecular formula is C21H24FNO2. The first-order valence-corrected chi connectivity index (χ1v) is 8.89. The number of carboxylic acids is 1. The van der Waals surface area contributed by atoms with Gasteiger partial charge >= 0.3 is 5.97 Å². The molecule has 0 radical (unpaired) electrons. The highest BCUT2D eigenvalue weighted by Gasteiger charge is 2.31. The zero-order valence-electron chi connectivity index (χ0n) is 14.5. The molecule has 1 heterocycles. The second kappa shape index (κ2) is 7.79. The molecule has 4 heteroatoms. The summed E-state index contributed by atoms with van der Waals surface area (Å²) in [6, 6.07) is 14.9. The van der Waals surface area contributed by atoms with Crippen molar-refractivity contribution < 1.29 is 14.3 Å². The van der Waals surface area contributed by atoms with E-state index in [1.165, 1.54) is 11.6 Å². The van der Waals surface area contributed by atoms with Crippen LogP contribution in [-0.2, 0) is 11.2 Å². The Bertz CT molecular complexity index is 729. The van der Waals surface area contributed by atoms with E-state index in [1.807, 2.05) is 6.07 Å². The fourth-order valence-corrected chi connectivity index (χ4v) is 3.67. The van der Waals surface area contributed by atoms with Crippen LogP contribution < -0.4 is 0 Å². The quantitative estimate of drug-likeness (QED) is 0.883. The van der Waals surface area contributed by atoms with Crippen LogP contribution >= 0.6 is 0 Å². The maximum atomic E-state index is 13.8. The molecule has 0 bridgehead atoms. The molecule has 3 rings (SSSR count). The van der Waals surface area contributed by atoms with Gasteiger partial charge in [0.05, 0.1) is 12.0 Å². The molecule has 1 aliphatic rings. The van der Waals surface area contributed by atoms with Crippen molar-refractivity contribution in [1.82, 2.24) is 4.90 Å². The zero-order chi connectivity index (χ0) is 17.8. The van der Waals surface area contributed by atoms with Crippen molar-refractivity contribution in [3.05, 3.63) is 71.0 Å². The summed E-state index contributed by atoms with van der Waals surface area (Å²) in [6.07, 6.45) is 2.52. The van der Waals surface area contributed by atoms with Crippen molar-refractivity contribution in [2.24, 2.45) is 5.92 Å². The van der Waals surface area contributed by atoms with Gasteiger partial charge in [0.25, 0.3) is 0 Å². The van der Waals surface area contributed by atoms with Crippen LogP contribution in [0.2, 0.25) is 0 Å². The van der Waals surface area contributed by atoms with Crippen LogP contribution in [0, 0.1) is 11.7 Å². The van der Waals surface area contributed by atoms with Gasteiger partial charge in [-0.15, -0.1) is 0 Å². The van der Waals surface area contributed by atoms with E-state index in [2.05, 4.69) is 36.1 Å². The summed E-state index contributed by atoms with van der Waals surface area (Å²) in [7, 11) is 0. The Morgan fingerprint density at radius 3 is 2.64 bits per heavy atom. The molecule has 1 fully saturated rings. The highest BCUT2D eigenvalue weighted by Crippen LogP contribution is 2.33. The van der Waals surface area contributed by atoms with Gasteiger partial charge in [-0.1, -0.05) is 43.3 Å². The number of likely N-dealkylation sites (tertiary alicyclic amines) is 1. The van der Waals surface area contributed by atoms with E-state index in [9.17, 15) is 14.3 Å². The van der Waals surface area contributed by atoms with Crippen molar-refractivity contribution in [3.63, 3.8) is 0 Å². The third-order valence-corrected chi connectivity index (χ3v) is 5.04. The molecule has 2 aromatic carbocycles. The number of hydrogen-bond acceptors (Lipinski definition) is 2. The van der Waals surface area contributed by atoms with E-state index < -0.39 is 5.97 Å². The van der Waals surface area contributed by atoms with E-state index in [-0.39, 0.29) is 17.8 Å². The van der Waals surface area contributed by atoms with Gasteiger partial charge in [-0.25, -0.2) is 4.39 Å². The Morgan fingerprint density at radius 2 is 2.00 bits per heavy atom. The predicted molar refractivity (Wildman–Crippen MR) is 96.0 cm³/mol. The Balaban J connectivity index is 1.97. The van der Waals surface area contributed by atoms with Crippen LogP contribution in [0.4, 0.5) is 4.39 Å². The van der Waals surface area contributed by atoms with E-state index >= 15 is 0 Å². The van der Waals surface area contributed by atoms with Gasteiger partial charge in [0.1, 0.15) is 5.82 Å². The van der Waals surface area contributed by atoms with Gasteiger partial charge in [-0.3, -0.25) is 9.69 Å². The molecule has 2 atom stereocenters. The molecule has 25 heavy (non-hydrogen) atoms. The van der Waals surface area contributed by atoms with Crippen molar-refractivity contribution in [3.8, 4) is 0 Å². The van der Waals surface area contributed by atoms with Crippen molar-refractivity contribution in [1.29, 1.82) is 0 Å². The van der Waals surface area contributed by atoms with Crippen molar-refractivity contribution >= 4 is 5.97 Å². The van der Waals surface area contributed by atoms with E-state index in [4.69, 9.17) is 0 Å². The molecular weight excluding hydrogens is 317 g/mol. The summed E-state index contributed by atoms with van der Waals surface area (Å²) in [5, 5.41) is 9.40. The summed E-state index contributed by atoms with van der Waals surface area (Å²) >= 11 is 0. The smallest absolute Gasteiger partial charge is 0.307 e. The molecule has 2 aromatic rings.